The van der Waals surface area contributed by atoms with Gasteiger partial charge >= 0.3 is 6.18 Å². The molecule has 0 unspecified atom stereocenters. The van der Waals surface area contributed by atoms with Crippen LogP contribution < -0.4 is 10.1 Å². The molecule has 0 aromatic heterocycles. The number of ether oxygens (including phenoxy) is 1. The maximum Gasteiger partial charge on any atom is 0.416 e. The molecule has 0 aliphatic rings. The fraction of sp³-hybridized carbons (Fsp3) is 0.158. The Kier molecular flexibility index (Phi) is 6.13. The number of carbonyl (C=O) groups is 1. The lowest BCUT2D eigenvalue weighted by Crippen LogP contribution is -2.14. The van der Waals surface area contributed by atoms with Gasteiger partial charge < -0.3 is 10.1 Å². The third-order valence-electron chi connectivity index (χ3n) is 3.62. The van der Waals surface area contributed by atoms with E-state index in [1.165, 1.54) is 25.3 Å². The number of benzene rings is 2. The van der Waals surface area contributed by atoms with Crippen molar-refractivity contribution in [2.75, 3.05) is 12.4 Å². The van der Waals surface area contributed by atoms with Gasteiger partial charge in [0.1, 0.15) is 17.4 Å². The van der Waals surface area contributed by atoms with Crippen molar-refractivity contribution in [3.63, 3.8) is 0 Å². The first-order valence-corrected chi connectivity index (χ1v) is 7.98. The molecule has 2 aromatic carbocycles. The van der Waals surface area contributed by atoms with Crippen molar-refractivity contribution in [3.8, 4) is 11.8 Å². The number of hydrogen-bond donors (Lipinski definition) is 1. The number of halogens is 4. The second-order valence-corrected chi connectivity index (χ2v) is 5.96. The molecule has 0 bridgehead atoms. The maximum atomic E-state index is 12.8. The molecule has 0 aliphatic heterocycles. The van der Waals surface area contributed by atoms with Crippen LogP contribution in [0.2, 0.25) is 5.02 Å². The van der Waals surface area contributed by atoms with E-state index in [1.807, 2.05) is 0 Å². The summed E-state index contributed by atoms with van der Waals surface area (Å²) in [4.78, 5) is 12.4. The highest BCUT2D eigenvalue weighted by Gasteiger charge is 2.30. The quantitative estimate of drug-likeness (QED) is 0.571. The number of amides is 1. The van der Waals surface area contributed by atoms with E-state index in [4.69, 9.17) is 16.3 Å². The van der Waals surface area contributed by atoms with Crippen molar-refractivity contribution in [3.05, 3.63) is 63.7 Å². The molecule has 0 radical (unpaired) electrons. The van der Waals surface area contributed by atoms with Crippen LogP contribution in [0.1, 0.15) is 16.7 Å². The third kappa shape index (κ3) is 5.02. The Labute approximate surface area is 158 Å². The number of rotatable bonds is 4. The summed E-state index contributed by atoms with van der Waals surface area (Å²) in [6.07, 6.45) is -3.44. The second-order valence-electron chi connectivity index (χ2n) is 5.55. The summed E-state index contributed by atoms with van der Waals surface area (Å²) in [6.45, 7) is 1.72. The largest absolute Gasteiger partial charge is 0.495 e. The standard InChI is InChI=1S/C19H14ClF3N2O2/c1-11-6-16(17(27-2)9-15(11)20)25-18(26)13(10-24)7-12-4-3-5-14(8-12)19(21,22)23/h3-9H,1-2H3,(H,25,26)/b13-7+. The van der Waals surface area contributed by atoms with E-state index < -0.39 is 17.6 Å². The van der Waals surface area contributed by atoms with Crippen molar-refractivity contribution < 1.29 is 22.7 Å². The second kappa shape index (κ2) is 8.14. The van der Waals surface area contributed by atoms with Gasteiger partial charge in [-0.15, -0.1) is 0 Å². The van der Waals surface area contributed by atoms with Crippen molar-refractivity contribution in [2.45, 2.75) is 13.1 Å². The highest BCUT2D eigenvalue weighted by molar-refractivity contribution is 6.31. The van der Waals surface area contributed by atoms with Gasteiger partial charge in [0.2, 0.25) is 0 Å². The number of aryl methyl sites for hydroxylation is 1. The number of carbonyl (C=O) groups excluding carboxylic acids is 1. The predicted molar refractivity (Wildman–Crippen MR) is 96.4 cm³/mol. The summed E-state index contributed by atoms with van der Waals surface area (Å²) in [5.41, 5.74) is -0.188. The van der Waals surface area contributed by atoms with E-state index in [-0.39, 0.29) is 22.6 Å². The third-order valence-corrected chi connectivity index (χ3v) is 4.03. The molecular formula is C19H14ClF3N2O2. The lowest BCUT2D eigenvalue weighted by atomic mass is 10.1. The number of alkyl halides is 3. The first kappa shape index (κ1) is 20.3. The van der Waals surface area contributed by atoms with Gasteiger partial charge in [0, 0.05) is 11.1 Å². The van der Waals surface area contributed by atoms with Crippen LogP contribution in [0.5, 0.6) is 5.75 Å². The van der Waals surface area contributed by atoms with E-state index in [9.17, 15) is 23.2 Å². The summed E-state index contributed by atoms with van der Waals surface area (Å²) >= 11 is 6.00. The summed E-state index contributed by atoms with van der Waals surface area (Å²) in [5, 5.41) is 12.2. The monoisotopic (exact) mass is 394 g/mol. The first-order valence-electron chi connectivity index (χ1n) is 7.60. The summed E-state index contributed by atoms with van der Waals surface area (Å²) in [7, 11) is 1.39. The van der Waals surface area contributed by atoms with E-state index in [0.29, 0.717) is 10.6 Å². The summed E-state index contributed by atoms with van der Waals surface area (Å²) in [6, 6.07) is 9.11. The minimum atomic E-state index is -4.52. The zero-order chi connectivity index (χ0) is 20.2. The Morgan fingerprint density at radius 2 is 2.00 bits per heavy atom. The van der Waals surface area contributed by atoms with Crippen LogP contribution in [0.3, 0.4) is 0 Å². The maximum absolute atomic E-state index is 12.8. The van der Waals surface area contributed by atoms with Crippen LogP contribution in [0.4, 0.5) is 18.9 Å². The first-order chi connectivity index (χ1) is 12.7. The molecule has 0 heterocycles. The number of hydrogen-bond acceptors (Lipinski definition) is 3. The highest BCUT2D eigenvalue weighted by Crippen LogP contribution is 2.32. The molecule has 4 nitrogen and oxygen atoms in total. The predicted octanol–water partition coefficient (Wildman–Crippen LogP) is 5.22. The minimum Gasteiger partial charge on any atom is -0.495 e. The Morgan fingerprint density at radius 1 is 1.30 bits per heavy atom. The molecule has 0 spiro atoms. The molecule has 0 saturated carbocycles. The average molecular weight is 395 g/mol. The van der Waals surface area contributed by atoms with Crippen LogP contribution in [0.15, 0.2) is 42.0 Å². The van der Waals surface area contributed by atoms with Gasteiger partial charge in [-0.2, -0.15) is 18.4 Å². The molecule has 0 saturated heterocycles. The normalized spacial score (nSPS) is 11.7. The van der Waals surface area contributed by atoms with Gasteiger partial charge in [-0.3, -0.25) is 4.79 Å². The van der Waals surface area contributed by atoms with E-state index in [0.717, 1.165) is 18.2 Å². The van der Waals surface area contributed by atoms with Crippen LogP contribution in [0.25, 0.3) is 6.08 Å². The lowest BCUT2D eigenvalue weighted by molar-refractivity contribution is -0.137. The molecule has 1 N–H and O–H groups in total. The summed E-state index contributed by atoms with van der Waals surface area (Å²) in [5.74, 6) is -0.495. The molecule has 1 amide bonds. The van der Waals surface area contributed by atoms with Crippen molar-refractivity contribution >= 4 is 29.3 Å². The van der Waals surface area contributed by atoms with E-state index in [1.54, 1.807) is 19.1 Å². The zero-order valence-corrected chi connectivity index (χ0v) is 15.1. The molecule has 2 rings (SSSR count). The number of nitrogens with zero attached hydrogens (tertiary/aromatic N) is 1. The number of nitriles is 1. The van der Waals surface area contributed by atoms with Crippen LogP contribution in [0, 0.1) is 18.3 Å². The average Bonchev–Trinajstić information content (AvgIpc) is 2.62. The van der Waals surface area contributed by atoms with Gasteiger partial charge in [0.05, 0.1) is 18.4 Å². The Balaban J connectivity index is 2.34. The van der Waals surface area contributed by atoms with Gasteiger partial charge in [0.15, 0.2) is 0 Å². The molecular weight excluding hydrogens is 381 g/mol. The highest BCUT2D eigenvalue weighted by atomic mass is 35.5. The fourth-order valence-corrected chi connectivity index (χ4v) is 2.39. The fourth-order valence-electron chi connectivity index (χ4n) is 2.24. The smallest absolute Gasteiger partial charge is 0.416 e. The summed E-state index contributed by atoms with van der Waals surface area (Å²) < 4.78 is 43.5. The Bertz CT molecular complexity index is 947. The van der Waals surface area contributed by atoms with Gasteiger partial charge in [0.25, 0.3) is 5.91 Å². The van der Waals surface area contributed by atoms with Gasteiger partial charge in [-0.1, -0.05) is 23.7 Å². The van der Waals surface area contributed by atoms with Crippen LogP contribution >= 0.6 is 11.6 Å². The van der Waals surface area contributed by atoms with E-state index in [2.05, 4.69) is 5.32 Å². The Hall–Kier alpha value is -2.98. The Morgan fingerprint density at radius 3 is 2.59 bits per heavy atom. The number of methoxy groups -OCH3 is 1. The molecule has 27 heavy (non-hydrogen) atoms. The lowest BCUT2D eigenvalue weighted by Gasteiger charge is -2.12. The van der Waals surface area contributed by atoms with E-state index >= 15 is 0 Å². The molecule has 140 valence electrons. The van der Waals surface area contributed by atoms with Crippen molar-refractivity contribution in [1.82, 2.24) is 0 Å². The molecule has 0 fully saturated rings. The molecule has 8 heteroatoms. The zero-order valence-electron chi connectivity index (χ0n) is 14.3. The minimum absolute atomic E-state index is 0.0794. The van der Waals surface area contributed by atoms with Crippen LogP contribution in [-0.4, -0.2) is 13.0 Å². The van der Waals surface area contributed by atoms with Crippen LogP contribution in [-0.2, 0) is 11.0 Å². The van der Waals surface area contributed by atoms with Crippen molar-refractivity contribution in [2.24, 2.45) is 0 Å². The molecule has 0 atom stereocenters. The number of anilines is 1. The topological polar surface area (TPSA) is 62.1 Å². The SMILES string of the molecule is COc1cc(Cl)c(C)cc1NC(=O)/C(C#N)=C/c1cccc(C(F)(F)F)c1. The number of nitrogens with one attached hydrogen (secondary N) is 1. The van der Waals surface area contributed by atoms with Crippen molar-refractivity contribution in [1.29, 1.82) is 5.26 Å². The molecule has 2 aromatic rings. The van der Waals surface area contributed by atoms with Gasteiger partial charge in [-0.05, 0) is 42.3 Å². The molecule has 0 aliphatic carbocycles. The van der Waals surface area contributed by atoms with Gasteiger partial charge in [-0.25, -0.2) is 0 Å².